The molecule has 1 aliphatic carbocycles. The minimum Gasteiger partial charge on any atom is -0.444 e. The third-order valence-electron chi connectivity index (χ3n) is 7.83. The van der Waals surface area contributed by atoms with Crippen LogP contribution in [0.2, 0.25) is 0 Å². The SMILES string of the molecule is CN(C1CC1)C(c1cccc(NC(=O)c2cc(C(F)(F)F)nn2-c2cccc(CNC(=O)OC(C)(C)C)c2)c1)c1ccccc1S(C)(=O)=O. The predicted molar refractivity (Wildman–Crippen MR) is 178 cm³/mol. The van der Waals surface area contributed by atoms with E-state index >= 15 is 0 Å². The van der Waals surface area contributed by atoms with E-state index in [0.717, 1.165) is 23.8 Å². The summed E-state index contributed by atoms with van der Waals surface area (Å²) in [7, 11) is -1.66. The first-order valence-electron chi connectivity index (χ1n) is 15.6. The zero-order chi connectivity index (χ0) is 35.7. The first-order chi connectivity index (χ1) is 22.9. The molecule has 1 atom stereocenters. The van der Waals surface area contributed by atoms with Crippen molar-refractivity contribution in [2.45, 2.75) is 68.9 Å². The van der Waals surface area contributed by atoms with Crippen molar-refractivity contribution in [2.75, 3.05) is 18.6 Å². The Morgan fingerprint density at radius 3 is 2.35 bits per heavy atom. The van der Waals surface area contributed by atoms with E-state index in [-0.39, 0.29) is 28.9 Å². The zero-order valence-electron chi connectivity index (χ0n) is 27.7. The molecule has 1 unspecified atom stereocenters. The Labute approximate surface area is 283 Å². The largest absolute Gasteiger partial charge is 0.444 e. The van der Waals surface area contributed by atoms with Crippen molar-refractivity contribution in [2.24, 2.45) is 0 Å². The highest BCUT2D eigenvalue weighted by Crippen LogP contribution is 2.39. The van der Waals surface area contributed by atoms with Gasteiger partial charge < -0.3 is 15.4 Å². The molecule has 2 N–H and O–H groups in total. The molecule has 49 heavy (non-hydrogen) atoms. The summed E-state index contributed by atoms with van der Waals surface area (Å²) < 4.78 is 73.2. The van der Waals surface area contributed by atoms with E-state index in [1.807, 2.05) is 13.1 Å². The quantitative estimate of drug-likeness (QED) is 0.188. The lowest BCUT2D eigenvalue weighted by molar-refractivity contribution is -0.141. The average Bonchev–Trinajstić information content (AvgIpc) is 3.76. The summed E-state index contributed by atoms with van der Waals surface area (Å²) in [5.74, 6) is -0.846. The normalized spacial score (nSPS) is 14.4. The van der Waals surface area contributed by atoms with Crippen LogP contribution < -0.4 is 10.6 Å². The molecule has 0 saturated heterocycles. The molecule has 1 saturated carbocycles. The number of benzene rings is 3. The number of halogens is 3. The topological polar surface area (TPSA) is 123 Å². The third kappa shape index (κ3) is 8.86. The second kappa shape index (κ2) is 13.7. The van der Waals surface area contributed by atoms with Gasteiger partial charge in [0.05, 0.1) is 16.6 Å². The molecule has 1 heterocycles. The van der Waals surface area contributed by atoms with Crippen molar-refractivity contribution in [1.29, 1.82) is 0 Å². The molecule has 1 aliphatic rings. The van der Waals surface area contributed by atoms with Gasteiger partial charge in [-0.25, -0.2) is 17.9 Å². The van der Waals surface area contributed by atoms with Crippen molar-refractivity contribution in [1.82, 2.24) is 20.0 Å². The Morgan fingerprint density at radius 1 is 1.00 bits per heavy atom. The van der Waals surface area contributed by atoms with Gasteiger partial charge in [0.25, 0.3) is 5.91 Å². The van der Waals surface area contributed by atoms with Gasteiger partial charge in [0.15, 0.2) is 15.5 Å². The van der Waals surface area contributed by atoms with Gasteiger partial charge in [-0.05, 0) is 87.7 Å². The number of nitrogens with one attached hydrogen (secondary N) is 2. The number of alkyl carbamates (subject to hydrolysis) is 1. The third-order valence-corrected chi connectivity index (χ3v) is 9.00. The summed E-state index contributed by atoms with van der Waals surface area (Å²) in [6.07, 6.45) is -2.43. The Bertz CT molecular complexity index is 1970. The zero-order valence-corrected chi connectivity index (χ0v) is 28.5. The monoisotopic (exact) mass is 697 g/mol. The molecule has 0 spiro atoms. The Balaban J connectivity index is 1.46. The molecule has 1 aromatic heterocycles. The van der Waals surface area contributed by atoms with Gasteiger partial charge in [0.1, 0.15) is 11.3 Å². The number of hydrogen-bond acceptors (Lipinski definition) is 7. The van der Waals surface area contributed by atoms with Crippen LogP contribution in [0.1, 0.15) is 72.5 Å². The van der Waals surface area contributed by atoms with Gasteiger partial charge in [-0.3, -0.25) is 9.69 Å². The van der Waals surface area contributed by atoms with E-state index in [1.165, 1.54) is 12.1 Å². The Morgan fingerprint density at radius 2 is 1.69 bits per heavy atom. The summed E-state index contributed by atoms with van der Waals surface area (Å²) in [5.41, 5.74) is -0.0740. The van der Waals surface area contributed by atoms with E-state index in [9.17, 15) is 31.2 Å². The van der Waals surface area contributed by atoms with E-state index in [2.05, 4.69) is 20.6 Å². The van der Waals surface area contributed by atoms with Crippen molar-refractivity contribution in [3.8, 4) is 5.69 Å². The molecule has 1 fully saturated rings. The lowest BCUT2D eigenvalue weighted by Crippen LogP contribution is -2.32. The standard InChI is InChI=1S/C35H38F3N5O5S/c1-34(2,3)48-33(45)39-21-22-10-8-13-26(18-22)43-28(20-30(41-43)35(36,37)38)32(44)40-24-12-9-11-23(19-24)31(42(4)25-16-17-25)27-14-6-7-15-29(27)49(5,46)47/h6-15,18-20,25,31H,16-17,21H2,1-5H3,(H,39,45)(H,40,44). The maximum Gasteiger partial charge on any atom is 0.435 e. The number of nitrogens with zero attached hydrogens (tertiary/aromatic N) is 3. The lowest BCUT2D eigenvalue weighted by Gasteiger charge is -2.30. The summed E-state index contributed by atoms with van der Waals surface area (Å²) in [6, 6.07) is 20.3. The van der Waals surface area contributed by atoms with Crippen LogP contribution in [0.4, 0.5) is 23.7 Å². The summed E-state index contributed by atoms with van der Waals surface area (Å²) >= 11 is 0. The van der Waals surface area contributed by atoms with E-state index in [4.69, 9.17) is 4.74 Å². The smallest absolute Gasteiger partial charge is 0.435 e. The van der Waals surface area contributed by atoms with Crippen molar-refractivity contribution in [3.63, 3.8) is 0 Å². The van der Waals surface area contributed by atoms with Crippen LogP contribution in [0.15, 0.2) is 83.8 Å². The van der Waals surface area contributed by atoms with Crippen LogP contribution in [0.25, 0.3) is 5.69 Å². The number of carbonyl (C=O) groups is 2. The van der Waals surface area contributed by atoms with Crippen LogP contribution in [0, 0.1) is 0 Å². The number of carbonyl (C=O) groups excluding carboxylic acids is 2. The molecule has 0 bridgehead atoms. The first-order valence-corrected chi connectivity index (χ1v) is 17.5. The molecular weight excluding hydrogens is 659 g/mol. The Hall–Kier alpha value is -4.69. The maximum absolute atomic E-state index is 13.9. The van der Waals surface area contributed by atoms with Crippen molar-refractivity contribution >= 4 is 27.5 Å². The van der Waals surface area contributed by atoms with Gasteiger partial charge in [-0.2, -0.15) is 18.3 Å². The van der Waals surface area contributed by atoms with Crippen molar-refractivity contribution in [3.05, 3.63) is 107 Å². The second-order valence-corrected chi connectivity index (χ2v) is 15.0. The number of aromatic nitrogens is 2. The maximum atomic E-state index is 13.9. The van der Waals surface area contributed by atoms with Crippen LogP contribution in [0.3, 0.4) is 0 Å². The second-order valence-electron chi connectivity index (χ2n) is 13.0. The van der Waals surface area contributed by atoms with E-state index in [0.29, 0.717) is 28.4 Å². The molecule has 5 rings (SSSR count). The number of amides is 2. The summed E-state index contributed by atoms with van der Waals surface area (Å²) in [5, 5.41) is 9.03. The minimum absolute atomic E-state index is 0.0173. The average molecular weight is 698 g/mol. The number of rotatable bonds is 10. The fraction of sp³-hybridized carbons (Fsp3) is 0.343. The van der Waals surface area contributed by atoms with E-state index in [1.54, 1.807) is 75.4 Å². The minimum atomic E-state index is -4.83. The van der Waals surface area contributed by atoms with E-state index < -0.39 is 45.4 Å². The summed E-state index contributed by atoms with van der Waals surface area (Å²) in [4.78, 5) is 28.1. The molecule has 14 heteroatoms. The predicted octanol–water partition coefficient (Wildman–Crippen LogP) is 6.76. The van der Waals surface area contributed by atoms with Gasteiger partial charge in [-0.15, -0.1) is 0 Å². The highest BCUT2D eigenvalue weighted by atomic mass is 32.2. The number of ether oxygens (including phenoxy) is 1. The number of sulfone groups is 1. The summed E-state index contributed by atoms with van der Waals surface area (Å²) in [6.45, 7) is 5.17. The Kier molecular flexibility index (Phi) is 9.94. The molecule has 0 aliphatic heterocycles. The fourth-order valence-corrected chi connectivity index (χ4v) is 6.45. The molecule has 10 nitrogen and oxygen atoms in total. The van der Waals surface area contributed by atoms with Crippen LogP contribution in [0.5, 0.6) is 0 Å². The van der Waals surface area contributed by atoms with Crippen LogP contribution >= 0.6 is 0 Å². The highest BCUT2D eigenvalue weighted by molar-refractivity contribution is 7.90. The molecule has 260 valence electrons. The van der Waals surface area contributed by atoms with Crippen molar-refractivity contribution < 1.29 is 35.9 Å². The van der Waals surface area contributed by atoms with Gasteiger partial charge in [0.2, 0.25) is 0 Å². The molecule has 3 aromatic carbocycles. The molecule has 4 aromatic rings. The molecule has 2 amide bonds. The highest BCUT2D eigenvalue weighted by Gasteiger charge is 2.37. The lowest BCUT2D eigenvalue weighted by atomic mass is 9.96. The molecular formula is C35H38F3N5O5S. The number of hydrogen-bond donors (Lipinski definition) is 2. The fourth-order valence-electron chi connectivity index (χ4n) is 5.52. The van der Waals surface area contributed by atoms with Gasteiger partial charge >= 0.3 is 12.3 Å². The van der Waals surface area contributed by atoms with Crippen LogP contribution in [-0.4, -0.2) is 60.0 Å². The van der Waals surface area contributed by atoms with Gasteiger partial charge in [0, 0.05) is 30.6 Å². The first kappa shape index (κ1) is 35.6. The van der Waals surface area contributed by atoms with Crippen LogP contribution in [-0.2, 0) is 27.3 Å². The van der Waals surface area contributed by atoms with Gasteiger partial charge in [-0.1, -0.05) is 42.5 Å². The number of anilines is 1. The number of alkyl halides is 3. The molecule has 0 radical (unpaired) electrons.